The number of hydrogen-bond donors (Lipinski definition) is 0. The van der Waals surface area contributed by atoms with Gasteiger partial charge in [0.05, 0.1) is 6.54 Å². The highest BCUT2D eigenvalue weighted by Gasteiger charge is 2.33. The highest BCUT2D eigenvalue weighted by molar-refractivity contribution is 7.86. The quantitative estimate of drug-likeness (QED) is 0.756. The predicted molar refractivity (Wildman–Crippen MR) is 106 cm³/mol. The standard InChI is InChI=1S/C19H27N5O3S/c1-16-5-7-17(8-6-16)19-20-18(27-21-19)15-22-11-13-24(14-12-22)28(25,26)23-9-3-2-4-10-23/h5-8H,2-4,9-15H2,1H3. The van der Waals surface area contributed by atoms with E-state index < -0.39 is 10.2 Å². The lowest BCUT2D eigenvalue weighted by Gasteiger charge is -2.37. The van der Waals surface area contributed by atoms with Crippen LogP contribution in [-0.4, -0.2) is 71.3 Å². The summed E-state index contributed by atoms with van der Waals surface area (Å²) >= 11 is 0. The topological polar surface area (TPSA) is 82.8 Å². The van der Waals surface area contributed by atoms with E-state index in [0.717, 1.165) is 24.8 Å². The second kappa shape index (κ2) is 8.28. The van der Waals surface area contributed by atoms with Gasteiger partial charge in [0.2, 0.25) is 11.7 Å². The molecular weight excluding hydrogens is 378 g/mol. The highest BCUT2D eigenvalue weighted by Crippen LogP contribution is 2.20. The molecule has 0 amide bonds. The molecule has 0 atom stereocenters. The molecule has 0 spiro atoms. The van der Waals surface area contributed by atoms with Gasteiger partial charge in [0.25, 0.3) is 10.2 Å². The Morgan fingerprint density at radius 3 is 2.25 bits per heavy atom. The van der Waals surface area contributed by atoms with E-state index in [1.54, 1.807) is 8.61 Å². The molecule has 2 saturated heterocycles. The second-order valence-corrected chi connectivity index (χ2v) is 9.45. The fourth-order valence-corrected chi connectivity index (χ4v) is 5.38. The van der Waals surface area contributed by atoms with Gasteiger partial charge in [-0.1, -0.05) is 41.4 Å². The third-order valence-corrected chi connectivity index (χ3v) is 7.47. The number of piperidine rings is 1. The summed E-state index contributed by atoms with van der Waals surface area (Å²) in [6.45, 7) is 6.19. The molecule has 0 saturated carbocycles. The first kappa shape index (κ1) is 19.5. The van der Waals surface area contributed by atoms with Crippen molar-refractivity contribution in [3.63, 3.8) is 0 Å². The van der Waals surface area contributed by atoms with Gasteiger partial charge in [-0.15, -0.1) is 0 Å². The van der Waals surface area contributed by atoms with E-state index in [1.165, 1.54) is 5.56 Å². The molecule has 0 bridgehead atoms. The van der Waals surface area contributed by atoms with Crippen LogP contribution in [0, 0.1) is 6.92 Å². The van der Waals surface area contributed by atoms with Crippen molar-refractivity contribution in [2.45, 2.75) is 32.7 Å². The van der Waals surface area contributed by atoms with Crippen LogP contribution in [0.5, 0.6) is 0 Å². The van der Waals surface area contributed by atoms with Crippen molar-refractivity contribution in [1.82, 2.24) is 23.7 Å². The number of rotatable bonds is 5. The van der Waals surface area contributed by atoms with Crippen LogP contribution in [0.3, 0.4) is 0 Å². The minimum Gasteiger partial charge on any atom is -0.338 e. The minimum absolute atomic E-state index is 0.498. The lowest BCUT2D eigenvalue weighted by atomic mass is 10.1. The average Bonchev–Trinajstić information content (AvgIpc) is 3.18. The largest absolute Gasteiger partial charge is 0.338 e. The van der Waals surface area contributed by atoms with Gasteiger partial charge in [0, 0.05) is 44.8 Å². The molecular formula is C19H27N5O3S. The zero-order chi connectivity index (χ0) is 19.6. The monoisotopic (exact) mass is 405 g/mol. The van der Waals surface area contributed by atoms with E-state index in [1.807, 2.05) is 31.2 Å². The maximum atomic E-state index is 12.8. The summed E-state index contributed by atoms with van der Waals surface area (Å²) < 4.78 is 34.2. The molecule has 9 heteroatoms. The number of hydrogen-bond acceptors (Lipinski definition) is 6. The number of nitrogens with zero attached hydrogens (tertiary/aromatic N) is 5. The Kier molecular flexibility index (Phi) is 5.77. The lowest BCUT2D eigenvalue weighted by Crippen LogP contribution is -2.53. The van der Waals surface area contributed by atoms with E-state index in [0.29, 0.717) is 57.5 Å². The van der Waals surface area contributed by atoms with Gasteiger partial charge >= 0.3 is 0 Å². The van der Waals surface area contributed by atoms with E-state index >= 15 is 0 Å². The molecule has 2 aromatic rings. The Morgan fingerprint density at radius 1 is 0.929 bits per heavy atom. The maximum Gasteiger partial charge on any atom is 0.282 e. The van der Waals surface area contributed by atoms with E-state index in [2.05, 4.69) is 15.0 Å². The first-order chi connectivity index (χ1) is 13.5. The van der Waals surface area contributed by atoms with Gasteiger partial charge in [0.15, 0.2) is 0 Å². The number of aryl methyl sites for hydroxylation is 1. The minimum atomic E-state index is -3.33. The van der Waals surface area contributed by atoms with Crippen molar-refractivity contribution < 1.29 is 12.9 Å². The number of aromatic nitrogens is 2. The normalized spacial score (nSPS) is 20.5. The molecule has 152 valence electrons. The summed E-state index contributed by atoms with van der Waals surface area (Å²) in [5.41, 5.74) is 2.11. The zero-order valence-corrected chi connectivity index (χ0v) is 17.1. The van der Waals surface area contributed by atoms with Crippen LogP contribution in [0.4, 0.5) is 0 Å². The number of piperazine rings is 1. The van der Waals surface area contributed by atoms with Crippen LogP contribution < -0.4 is 0 Å². The Labute approximate surface area is 166 Å². The molecule has 1 aromatic carbocycles. The van der Waals surface area contributed by atoms with Crippen LogP contribution >= 0.6 is 0 Å². The predicted octanol–water partition coefficient (Wildman–Crippen LogP) is 1.89. The Balaban J connectivity index is 1.33. The summed E-state index contributed by atoms with van der Waals surface area (Å²) in [6, 6.07) is 8.00. The Bertz CT molecular complexity index is 883. The SMILES string of the molecule is Cc1ccc(-c2noc(CN3CCN(S(=O)(=O)N4CCCCC4)CC3)n2)cc1. The lowest BCUT2D eigenvalue weighted by molar-refractivity contribution is 0.157. The molecule has 8 nitrogen and oxygen atoms in total. The van der Waals surface area contributed by atoms with Crippen molar-refractivity contribution in [2.75, 3.05) is 39.3 Å². The zero-order valence-electron chi connectivity index (χ0n) is 16.2. The van der Waals surface area contributed by atoms with Gasteiger partial charge in [-0.2, -0.15) is 22.0 Å². The Morgan fingerprint density at radius 2 is 1.57 bits per heavy atom. The fraction of sp³-hybridized carbons (Fsp3) is 0.579. The molecule has 1 aromatic heterocycles. The summed E-state index contributed by atoms with van der Waals surface area (Å²) in [6.07, 6.45) is 3.04. The fourth-order valence-electron chi connectivity index (χ4n) is 3.71. The highest BCUT2D eigenvalue weighted by atomic mass is 32.2. The summed E-state index contributed by atoms with van der Waals surface area (Å²) in [5.74, 6) is 1.14. The molecule has 2 fully saturated rings. The van der Waals surface area contributed by atoms with Crippen molar-refractivity contribution in [2.24, 2.45) is 0 Å². The average molecular weight is 406 g/mol. The van der Waals surface area contributed by atoms with Gasteiger partial charge in [-0.05, 0) is 19.8 Å². The van der Waals surface area contributed by atoms with Crippen LogP contribution in [0.25, 0.3) is 11.4 Å². The van der Waals surface area contributed by atoms with Crippen LogP contribution in [0.15, 0.2) is 28.8 Å². The Hall–Kier alpha value is -1.81. The van der Waals surface area contributed by atoms with Gasteiger partial charge in [0.1, 0.15) is 0 Å². The van der Waals surface area contributed by atoms with Crippen LogP contribution in [0.1, 0.15) is 30.7 Å². The smallest absolute Gasteiger partial charge is 0.282 e. The van der Waals surface area contributed by atoms with E-state index in [9.17, 15) is 8.42 Å². The van der Waals surface area contributed by atoms with E-state index in [4.69, 9.17) is 4.52 Å². The first-order valence-corrected chi connectivity index (χ1v) is 11.3. The molecule has 2 aliphatic heterocycles. The summed E-state index contributed by atoms with van der Waals surface area (Å²) in [7, 11) is -3.33. The van der Waals surface area contributed by atoms with Gasteiger partial charge in [-0.25, -0.2) is 0 Å². The van der Waals surface area contributed by atoms with Crippen molar-refractivity contribution in [1.29, 1.82) is 0 Å². The third kappa shape index (κ3) is 4.27. The summed E-state index contributed by atoms with van der Waals surface area (Å²) in [5, 5.41) is 4.07. The molecule has 28 heavy (non-hydrogen) atoms. The van der Waals surface area contributed by atoms with Crippen LogP contribution in [0.2, 0.25) is 0 Å². The summed E-state index contributed by atoms with van der Waals surface area (Å²) in [4.78, 5) is 6.65. The van der Waals surface area contributed by atoms with Crippen molar-refractivity contribution in [3.8, 4) is 11.4 Å². The first-order valence-electron chi connectivity index (χ1n) is 9.89. The van der Waals surface area contributed by atoms with Crippen molar-refractivity contribution in [3.05, 3.63) is 35.7 Å². The second-order valence-electron chi connectivity index (χ2n) is 7.52. The van der Waals surface area contributed by atoms with Gasteiger partial charge in [-0.3, -0.25) is 4.90 Å². The number of benzene rings is 1. The molecule has 3 heterocycles. The van der Waals surface area contributed by atoms with Gasteiger partial charge < -0.3 is 4.52 Å². The molecule has 0 unspecified atom stereocenters. The molecule has 2 aliphatic rings. The van der Waals surface area contributed by atoms with E-state index in [-0.39, 0.29) is 0 Å². The molecule has 0 radical (unpaired) electrons. The molecule has 0 N–H and O–H groups in total. The van der Waals surface area contributed by atoms with Crippen molar-refractivity contribution >= 4 is 10.2 Å². The third-order valence-electron chi connectivity index (χ3n) is 5.44. The molecule has 0 aliphatic carbocycles. The molecule has 4 rings (SSSR count). The maximum absolute atomic E-state index is 12.8. The van der Waals surface area contributed by atoms with Crippen LogP contribution in [-0.2, 0) is 16.8 Å².